The number of fused-ring (bicyclic) bond motifs is 1. The number of aliphatic hydroxyl groups is 2. The lowest BCUT2D eigenvalue weighted by molar-refractivity contribution is -0.142. The smallest absolute Gasteiger partial charge is 0.329 e. The molecule has 2 aliphatic carbocycles. The molecule has 0 aliphatic heterocycles. The van der Waals surface area contributed by atoms with Gasteiger partial charge in [0.25, 0.3) is 0 Å². The largest absolute Gasteiger partial charge is 0.480 e. The van der Waals surface area contributed by atoms with Crippen LogP contribution in [0.5, 0.6) is 0 Å². The highest BCUT2D eigenvalue weighted by Crippen LogP contribution is 2.48. The molecular formula is C22H32O5. The van der Waals surface area contributed by atoms with Gasteiger partial charge >= 0.3 is 5.97 Å². The van der Waals surface area contributed by atoms with Crippen LogP contribution in [0.25, 0.3) is 0 Å². The molecule has 0 amide bonds. The van der Waals surface area contributed by atoms with Crippen LogP contribution in [0.15, 0.2) is 23.8 Å². The van der Waals surface area contributed by atoms with Crippen molar-refractivity contribution in [1.29, 1.82) is 0 Å². The maximum atomic E-state index is 10.6. The van der Waals surface area contributed by atoms with Crippen LogP contribution in [-0.4, -0.2) is 46.7 Å². The van der Waals surface area contributed by atoms with E-state index in [1.54, 1.807) is 6.92 Å². The van der Waals surface area contributed by atoms with E-state index >= 15 is 0 Å². The van der Waals surface area contributed by atoms with Crippen molar-refractivity contribution < 1.29 is 24.9 Å². The van der Waals surface area contributed by atoms with Gasteiger partial charge in [0.1, 0.15) is 6.61 Å². The molecule has 0 aromatic rings. The summed E-state index contributed by atoms with van der Waals surface area (Å²) in [6.45, 7) is 5.95. The SMILES string of the molecule is CC#CCC(C)C(O)/C=C/[C@@H]1C2CC(C(C)COCC(=O)O)=CC2C[C@H]1O. The van der Waals surface area contributed by atoms with Crippen molar-refractivity contribution in [3.05, 3.63) is 23.8 Å². The molecular weight excluding hydrogens is 344 g/mol. The maximum Gasteiger partial charge on any atom is 0.329 e. The number of carboxylic acid groups (broad SMARTS) is 1. The highest BCUT2D eigenvalue weighted by atomic mass is 16.5. The third-order valence-electron chi connectivity index (χ3n) is 5.84. The minimum Gasteiger partial charge on any atom is -0.480 e. The summed E-state index contributed by atoms with van der Waals surface area (Å²) in [5.74, 6) is 5.84. The first-order valence-electron chi connectivity index (χ1n) is 9.77. The minimum absolute atomic E-state index is 0.0370. The molecule has 0 spiro atoms. The van der Waals surface area contributed by atoms with Crippen LogP contribution >= 0.6 is 0 Å². The molecule has 0 saturated heterocycles. The van der Waals surface area contributed by atoms with E-state index in [9.17, 15) is 15.0 Å². The summed E-state index contributed by atoms with van der Waals surface area (Å²) < 4.78 is 5.23. The van der Waals surface area contributed by atoms with Gasteiger partial charge in [0.05, 0.1) is 18.8 Å². The molecule has 0 heterocycles. The van der Waals surface area contributed by atoms with Crippen molar-refractivity contribution in [2.24, 2.45) is 29.6 Å². The van der Waals surface area contributed by atoms with Crippen molar-refractivity contribution in [3.63, 3.8) is 0 Å². The fourth-order valence-corrected chi connectivity index (χ4v) is 4.16. The predicted molar refractivity (Wildman–Crippen MR) is 104 cm³/mol. The normalized spacial score (nSPS) is 30.3. The quantitative estimate of drug-likeness (QED) is 0.425. The van der Waals surface area contributed by atoms with Crippen LogP contribution in [0.1, 0.15) is 40.0 Å². The molecule has 2 rings (SSSR count). The van der Waals surface area contributed by atoms with Crippen LogP contribution in [0.2, 0.25) is 0 Å². The number of aliphatic hydroxyl groups excluding tert-OH is 2. The molecule has 0 aromatic carbocycles. The van der Waals surface area contributed by atoms with Crippen molar-refractivity contribution in [2.45, 2.75) is 52.2 Å². The molecule has 5 unspecified atom stereocenters. The number of carboxylic acids is 1. The first kappa shape index (κ1) is 21.7. The summed E-state index contributed by atoms with van der Waals surface area (Å²) in [4.78, 5) is 10.6. The van der Waals surface area contributed by atoms with E-state index in [0.717, 1.165) is 12.8 Å². The molecule has 7 atom stereocenters. The number of ether oxygens (including phenoxy) is 1. The Labute approximate surface area is 162 Å². The molecule has 1 saturated carbocycles. The Kier molecular flexibility index (Phi) is 8.09. The zero-order valence-electron chi connectivity index (χ0n) is 16.5. The van der Waals surface area contributed by atoms with Gasteiger partial charge in [-0.05, 0) is 37.5 Å². The zero-order chi connectivity index (χ0) is 20.0. The Hall–Kier alpha value is -1.61. The van der Waals surface area contributed by atoms with Crippen LogP contribution < -0.4 is 0 Å². The van der Waals surface area contributed by atoms with E-state index in [2.05, 4.69) is 24.8 Å². The van der Waals surface area contributed by atoms with Gasteiger partial charge in [-0.25, -0.2) is 4.79 Å². The van der Waals surface area contributed by atoms with Crippen molar-refractivity contribution in [1.82, 2.24) is 0 Å². The minimum atomic E-state index is -0.953. The topological polar surface area (TPSA) is 87.0 Å². The number of aliphatic carboxylic acids is 1. The van der Waals surface area contributed by atoms with E-state index in [-0.39, 0.29) is 30.5 Å². The zero-order valence-corrected chi connectivity index (χ0v) is 16.5. The van der Waals surface area contributed by atoms with Crippen LogP contribution in [0, 0.1) is 41.4 Å². The monoisotopic (exact) mass is 376 g/mol. The van der Waals surface area contributed by atoms with E-state index in [1.165, 1.54) is 5.57 Å². The summed E-state index contributed by atoms with van der Waals surface area (Å²) in [5, 5.41) is 29.4. The Morgan fingerprint density at radius 3 is 2.85 bits per heavy atom. The van der Waals surface area contributed by atoms with E-state index in [1.807, 2.05) is 19.1 Å². The van der Waals surface area contributed by atoms with Gasteiger partial charge in [-0.3, -0.25) is 0 Å². The van der Waals surface area contributed by atoms with Crippen molar-refractivity contribution in [3.8, 4) is 11.8 Å². The van der Waals surface area contributed by atoms with E-state index < -0.39 is 12.1 Å². The summed E-state index contributed by atoms with van der Waals surface area (Å²) >= 11 is 0. The Bertz CT molecular complexity index is 626. The molecule has 5 heteroatoms. The standard InChI is InChI=1S/C22H32O5/c1-4-5-6-14(2)20(23)8-7-18-19-10-16(9-17(19)11-21(18)24)15(3)12-27-13-22(25)26/h7-9,14-15,17-21,23-24H,6,10-13H2,1-3H3,(H,25,26)/b8-7+/t14?,15?,17?,18-,19?,20?,21-/m1/s1. The van der Waals surface area contributed by atoms with Gasteiger partial charge in [-0.15, -0.1) is 11.8 Å². The van der Waals surface area contributed by atoms with Gasteiger partial charge in [-0.1, -0.05) is 37.6 Å². The third-order valence-corrected chi connectivity index (χ3v) is 5.84. The van der Waals surface area contributed by atoms with Crippen molar-refractivity contribution in [2.75, 3.05) is 13.2 Å². The van der Waals surface area contributed by atoms with E-state index in [4.69, 9.17) is 9.84 Å². The first-order chi connectivity index (χ1) is 12.8. The van der Waals surface area contributed by atoms with Gasteiger partial charge < -0.3 is 20.1 Å². The number of hydrogen-bond acceptors (Lipinski definition) is 4. The molecule has 0 bridgehead atoms. The molecule has 5 nitrogen and oxygen atoms in total. The molecule has 2 aliphatic rings. The summed E-state index contributed by atoms with van der Waals surface area (Å²) in [5.41, 5.74) is 1.29. The molecule has 1 fully saturated rings. The fourth-order valence-electron chi connectivity index (χ4n) is 4.16. The molecule has 0 aromatic heterocycles. The average molecular weight is 376 g/mol. The van der Waals surface area contributed by atoms with Gasteiger partial charge in [0.2, 0.25) is 0 Å². The average Bonchev–Trinajstić information content (AvgIpc) is 3.14. The molecule has 0 radical (unpaired) electrons. The highest BCUT2D eigenvalue weighted by Gasteiger charge is 2.44. The molecule has 3 N–H and O–H groups in total. The lowest BCUT2D eigenvalue weighted by Crippen LogP contribution is -2.20. The molecule has 27 heavy (non-hydrogen) atoms. The Morgan fingerprint density at radius 2 is 2.19 bits per heavy atom. The Balaban J connectivity index is 1.91. The second-order valence-corrected chi connectivity index (χ2v) is 7.95. The lowest BCUT2D eigenvalue weighted by Gasteiger charge is -2.21. The number of allylic oxidation sites excluding steroid dienone is 1. The van der Waals surface area contributed by atoms with Crippen LogP contribution in [-0.2, 0) is 9.53 Å². The maximum absolute atomic E-state index is 10.6. The van der Waals surface area contributed by atoms with Gasteiger partial charge in [-0.2, -0.15) is 0 Å². The third kappa shape index (κ3) is 5.93. The second-order valence-electron chi connectivity index (χ2n) is 7.95. The first-order valence-corrected chi connectivity index (χ1v) is 9.77. The predicted octanol–water partition coefficient (Wildman–Crippen LogP) is 2.63. The van der Waals surface area contributed by atoms with Crippen LogP contribution in [0.3, 0.4) is 0 Å². The summed E-state index contributed by atoms with van der Waals surface area (Å²) in [7, 11) is 0. The second kappa shape index (κ2) is 10.1. The lowest BCUT2D eigenvalue weighted by atomic mass is 9.87. The number of hydrogen-bond donors (Lipinski definition) is 3. The summed E-state index contributed by atoms with van der Waals surface area (Å²) in [6, 6.07) is 0. The fraction of sp³-hybridized carbons (Fsp3) is 0.682. The van der Waals surface area contributed by atoms with Gasteiger partial charge in [0.15, 0.2) is 0 Å². The van der Waals surface area contributed by atoms with Crippen LogP contribution in [0.4, 0.5) is 0 Å². The van der Waals surface area contributed by atoms with E-state index in [0.29, 0.717) is 24.9 Å². The summed E-state index contributed by atoms with van der Waals surface area (Å²) in [6.07, 6.45) is 7.38. The Morgan fingerprint density at radius 1 is 1.44 bits per heavy atom. The molecule has 150 valence electrons. The van der Waals surface area contributed by atoms with Gasteiger partial charge in [0, 0.05) is 18.3 Å². The highest BCUT2D eigenvalue weighted by molar-refractivity contribution is 5.67. The number of rotatable bonds is 9. The number of carbonyl (C=O) groups is 1. The van der Waals surface area contributed by atoms with Crippen molar-refractivity contribution >= 4 is 5.97 Å².